The molecular formula is C21H28BBr2F5N2O3-2. The summed E-state index contributed by atoms with van der Waals surface area (Å²) in [5, 5.41) is 19.2. The maximum Gasteiger partial charge on any atom is 0.393 e. The van der Waals surface area contributed by atoms with Crippen LogP contribution in [-0.4, -0.2) is 48.0 Å². The maximum atomic E-state index is 12.4. The Morgan fingerprint density at radius 3 is 1.35 bits per heavy atom. The Hall–Kier alpha value is -1.35. The lowest BCUT2D eigenvalue weighted by Gasteiger charge is -2.31. The van der Waals surface area contributed by atoms with Crippen molar-refractivity contribution in [1.29, 1.82) is 0 Å². The van der Waals surface area contributed by atoms with Gasteiger partial charge in [0.25, 0.3) is 6.43 Å². The Morgan fingerprint density at radius 1 is 0.824 bits per heavy atom. The number of quaternary nitrogens is 2. The smallest absolute Gasteiger partial charge is 0.393 e. The third-order valence-corrected chi connectivity index (χ3v) is 3.88. The summed E-state index contributed by atoms with van der Waals surface area (Å²) in [5.41, 5.74) is 1.07. The summed E-state index contributed by atoms with van der Waals surface area (Å²) >= 11 is 0. The molecule has 0 amide bonds. The van der Waals surface area contributed by atoms with Crippen LogP contribution in [0, 0.1) is 0 Å². The summed E-state index contributed by atoms with van der Waals surface area (Å²) < 4.78 is 63.2. The van der Waals surface area contributed by atoms with Gasteiger partial charge >= 0.3 is 6.11 Å². The molecule has 2 aromatic rings. The van der Waals surface area contributed by atoms with Gasteiger partial charge in [0.15, 0.2) is 0 Å². The van der Waals surface area contributed by atoms with Crippen LogP contribution in [0.25, 0.3) is 0 Å². The van der Waals surface area contributed by atoms with Gasteiger partial charge in [-0.1, -0.05) is 36.4 Å². The van der Waals surface area contributed by atoms with E-state index in [-0.39, 0.29) is 34.0 Å². The first kappa shape index (κ1) is 37.2. The van der Waals surface area contributed by atoms with Crippen LogP contribution >= 0.6 is 0 Å². The van der Waals surface area contributed by atoms with Crippen molar-refractivity contribution in [2.45, 2.75) is 19.5 Å². The van der Waals surface area contributed by atoms with E-state index in [2.05, 4.69) is 81.4 Å². The van der Waals surface area contributed by atoms with Gasteiger partial charge in [0, 0.05) is 5.57 Å². The molecule has 0 fully saturated rings. The second kappa shape index (κ2) is 18.9. The number of halogens is 7. The molecule has 0 atom stereocenters. The van der Waals surface area contributed by atoms with Crippen molar-refractivity contribution < 1.29 is 80.4 Å². The van der Waals surface area contributed by atoms with Gasteiger partial charge in [0.1, 0.15) is 11.4 Å². The highest BCUT2D eigenvalue weighted by atomic mass is 79.9. The lowest BCUT2D eigenvalue weighted by Crippen LogP contribution is -3.00. The second-order valence-electron chi connectivity index (χ2n) is 6.95. The summed E-state index contributed by atoms with van der Waals surface area (Å²) in [7, 11) is 5.02. The SMILES string of the molecule is CC(=C(F)C(F)(F)OB([O-])[O-])C(F)F.C[NH+](C)c1ccccc1.C[NH+](C)c1ccccc1.[Br-].[Br-]. The molecule has 5 nitrogen and oxygen atoms in total. The average Bonchev–Trinajstić information content (AvgIpc) is 2.73. The van der Waals surface area contributed by atoms with Crippen LogP contribution in [0.1, 0.15) is 6.92 Å². The van der Waals surface area contributed by atoms with Crippen molar-refractivity contribution in [3.63, 3.8) is 0 Å². The number of hydrogen-bond acceptors (Lipinski definition) is 3. The fourth-order valence-electron chi connectivity index (χ4n) is 2.04. The van der Waals surface area contributed by atoms with E-state index in [0.717, 1.165) is 0 Å². The molecule has 2 rings (SSSR count). The number of alkyl halides is 4. The van der Waals surface area contributed by atoms with E-state index < -0.39 is 31.3 Å². The van der Waals surface area contributed by atoms with E-state index in [4.69, 9.17) is 0 Å². The fourth-order valence-corrected chi connectivity index (χ4v) is 2.04. The Kier molecular flexibility index (Phi) is 20.7. The Labute approximate surface area is 218 Å². The van der Waals surface area contributed by atoms with Crippen LogP contribution in [0.5, 0.6) is 0 Å². The number of para-hydroxylation sites is 2. The molecule has 194 valence electrons. The minimum Gasteiger partial charge on any atom is -1.00 e. The van der Waals surface area contributed by atoms with Crippen LogP contribution in [-0.2, 0) is 4.65 Å². The summed E-state index contributed by atoms with van der Waals surface area (Å²) in [6.45, 7) is 0.391. The molecule has 0 aliphatic carbocycles. The van der Waals surface area contributed by atoms with Gasteiger partial charge in [-0.2, -0.15) is 8.78 Å². The van der Waals surface area contributed by atoms with Crippen molar-refractivity contribution in [3.8, 4) is 0 Å². The number of benzene rings is 2. The van der Waals surface area contributed by atoms with Crippen LogP contribution in [0.3, 0.4) is 0 Å². The summed E-state index contributed by atoms with van der Waals surface area (Å²) in [6, 6.07) is 20.8. The zero-order valence-electron chi connectivity index (χ0n) is 19.3. The Balaban J connectivity index is -0.000000425. The minimum atomic E-state index is -4.91. The minimum absolute atomic E-state index is 0. The first-order chi connectivity index (χ1) is 14.8. The van der Waals surface area contributed by atoms with Crippen LogP contribution in [0.15, 0.2) is 72.1 Å². The summed E-state index contributed by atoms with van der Waals surface area (Å²) in [5.74, 6) is -2.62. The van der Waals surface area contributed by atoms with Gasteiger partial charge in [-0.25, -0.2) is 13.2 Å². The van der Waals surface area contributed by atoms with Gasteiger partial charge in [0.2, 0.25) is 5.83 Å². The second-order valence-corrected chi connectivity index (χ2v) is 6.95. The average molecular weight is 622 g/mol. The standard InChI is InChI=1S/2C8H11N.C5H4BF5O3.2BrH/c2*1-9(2)8-6-4-3-5-7-8;1-2(4(8)9)3(7)5(10,11)14-6(12)13;;/h2*3-7H,1-2H3;4H,1H3;2*1H/q;;-2;;. The van der Waals surface area contributed by atoms with Crippen molar-refractivity contribution >= 4 is 18.7 Å². The van der Waals surface area contributed by atoms with E-state index in [0.29, 0.717) is 6.92 Å². The molecule has 0 aromatic heterocycles. The van der Waals surface area contributed by atoms with E-state index in [1.807, 2.05) is 12.1 Å². The molecular weight excluding hydrogens is 594 g/mol. The molecule has 0 spiro atoms. The molecule has 0 saturated heterocycles. The largest absolute Gasteiger partial charge is 1.00 e. The zero-order chi connectivity index (χ0) is 24.9. The Morgan fingerprint density at radius 2 is 1.15 bits per heavy atom. The van der Waals surface area contributed by atoms with Crippen molar-refractivity contribution in [2.24, 2.45) is 0 Å². The van der Waals surface area contributed by atoms with Gasteiger partial charge < -0.3 is 58.5 Å². The summed E-state index contributed by atoms with van der Waals surface area (Å²) in [4.78, 5) is 2.74. The molecule has 0 saturated carbocycles. The van der Waals surface area contributed by atoms with Gasteiger partial charge in [-0.15, -0.1) is 0 Å². The summed E-state index contributed by atoms with van der Waals surface area (Å²) in [6.07, 6.45) is -8.37. The van der Waals surface area contributed by atoms with Gasteiger partial charge in [0.05, 0.1) is 35.5 Å². The third-order valence-electron chi connectivity index (χ3n) is 3.88. The Bertz CT molecular complexity index is 760. The predicted octanol–water partition coefficient (Wildman–Crippen LogP) is -5.26. The zero-order valence-corrected chi connectivity index (χ0v) is 22.5. The van der Waals surface area contributed by atoms with E-state index >= 15 is 0 Å². The van der Waals surface area contributed by atoms with E-state index in [1.54, 1.807) is 0 Å². The molecule has 0 unspecified atom stereocenters. The first-order valence-corrected chi connectivity index (χ1v) is 9.52. The van der Waals surface area contributed by atoms with Crippen LogP contribution in [0.4, 0.5) is 33.3 Å². The van der Waals surface area contributed by atoms with Crippen LogP contribution in [0.2, 0.25) is 0 Å². The fraction of sp³-hybridized carbons (Fsp3) is 0.333. The van der Waals surface area contributed by atoms with E-state index in [1.165, 1.54) is 21.2 Å². The topological polar surface area (TPSA) is 64.2 Å². The number of allylic oxidation sites excluding steroid dienone is 1. The first-order valence-electron chi connectivity index (χ1n) is 9.52. The highest BCUT2D eigenvalue weighted by Crippen LogP contribution is 2.31. The van der Waals surface area contributed by atoms with Crippen LogP contribution < -0.4 is 53.8 Å². The normalized spacial score (nSPS) is 11.3. The molecule has 0 bridgehead atoms. The molecule has 13 heteroatoms. The molecule has 2 aromatic carbocycles. The lowest BCUT2D eigenvalue weighted by atomic mass is 10.2. The monoisotopic (exact) mass is 620 g/mol. The highest BCUT2D eigenvalue weighted by Gasteiger charge is 2.38. The molecule has 2 N–H and O–H groups in total. The predicted molar refractivity (Wildman–Crippen MR) is 109 cm³/mol. The third kappa shape index (κ3) is 15.5. The molecule has 0 aliphatic rings. The van der Waals surface area contributed by atoms with E-state index in [9.17, 15) is 32.0 Å². The molecule has 34 heavy (non-hydrogen) atoms. The van der Waals surface area contributed by atoms with Crippen molar-refractivity contribution in [3.05, 3.63) is 72.1 Å². The number of hydrogen-bond donors (Lipinski definition) is 2. The molecule has 0 heterocycles. The number of rotatable bonds is 6. The lowest BCUT2D eigenvalue weighted by molar-refractivity contribution is -0.786. The quantitative estimate of drug-likeness (QED) is 0.251. The van der Waals surface area contributed by atoms with Crippen molar-refractivity contribution in [2.75, 3.05) is 28.2 Å². The molecule has 0 aliphatic heterocycles. The highest BCUT2D eigenvalue weighted by molar-refractivity contribution is 6.28. The number of nitrogens with one attached hydrogen (secondary N) is 2. The molecule has 0 radical (unpaired) electrons. The van der Waals surface area contributed by atoms with Gasteiger partial charge in [-0.3, -0.25) is 0 Å². The van der Waals surface area contributed by atoms with Crippen molar-refractivity contribution in [1.82, 2.24) is 0 Å². The van der Waals surface area contributed by atoms with Gasteiger partial charge in [-0.05, 0) is 31.2 Å². The maximum absolute atomic E-state index is 12.4.